The number of carboxylic acids is 1. The van der Waals surface area contributed by atoms with Gasteiger partial charge in [-0.1, -0.05) is 23.7 Å². The monoisotopic (exact) mass is 466 g/mol. The zero-order valence-electron chi connectivity index (χ0n) is 16.7. The highest BCUT2D eigenvalue weighted by molar-refractivity contribution is 7.89. The molecular weight excluding hydrogens is 444 g/mol. The van der Waals surface area contributed by atoms with E-state index in [1.165, 1.54) is 24.3 Å². The standard InChI is InChI=1S/C21H23ClN2O6S/c22-16-3-6-18(7-4-16)31(28,29)23-17-5-8-20-15(13-17)2-1-14(11-12-30-24-27)19(20)9-10-21(25)26/h1-4,6-7,17,23H,5,8-13H2,(H,25,26). The molecule has 31 heavy (non-hydrogen) atoms. The molecular formula is C21H23ClN2O6S. The van der Waals surface area contributed by atoms with Gasteiger partial charge in [-0.15, -0.1) is 4.91 Å². The predicted molar refractivity (Wildman–Crippen MR) is 115 cm³/mol. The van der Waals surface area contributed by atoms with Crippen molar-refractivity contribution in [3.8, 4) is 0 Å². The molecule has 0 radical (unpaired) electrons. The summed E-state index contributed by atoms with van der Waals surface area (Å²) in [5, 5.41) is 12.0. The maximum absolute atomic E-state index is 12.7. The Kier molecular flexibility index (Phi) is 7.64. The minimum atomic E-state index is -3.68. The average Bonchev–Trinajstić information content (AvgIpc) is 2.72. The zero-order chi connectivity index (χ0) is 22.4. The molecule has 0 spiro atoms. The third-order valence-corrected chi connectivity index (χ3v) is 7.17. The number of fused-ring (bicyclic) bond motifs is 1. The molecule has 0 aromatic heterocycles. The Hall–Kier alpha value is -2.49. The number of nitrogens with zero attached hydrogens (tertiary/aromatic N) is 1. The van der Waals surface area contributed by atoms with Crippen molar-refractivity contribution in [2.45, 2.75) is 49.5 Å². The summed E-state index contributed by atoms with van der Waals surface area (Å²) in [6.07, 6.45) is 2.52. The topological polar surface area (TPSA) is 122 Å². The molecule has 0 amide bonds. The number of halogens is 1. The van der Waals surface area contributed by atoms with E-state index in [0.717, 1.165) is 22.3 Å². The van der Waals surface area contributed by atoms with Crippen molar-refractivity contribution in [2.75, 3.05) is 6.61 Å². The Morgan fingerprint density at radius 1 is 1.19 bits per heavy atom. The van der Waals surface area contributed by atoms with E-state index in [2.05, 4.69) is 14.9 Å². The summed E-state index contributed by atoms with van der Waals surface area (Å²) in [7, 11) is -3.68. The van der Waals surface area contributed by atoms with E-state index in [1.54, 1.807) is 0 Å². The molecule has 2 aromatic rings. The van der Waals surface area contributed by atoms with E-state index >= 15 is 0 Å². The first-order valence-corrected chi connectivity index (χ1v) is 11.7. The first-order valence-electron chi connectivity index (χ1n) is 9.87. The Balaban J connectivity index is 1.79. The molecule has 0 saturated heterocycles. The van der Waals surface area contributed by atoms with Crippen LogP contribution in [0.1, 0.15) is 35.1 Å². The maximum Gasteiger partial charge on any atom is 0.303 e. The number of nitrogens with one attached hydrogen (secondary N) is 1. The van der Waals surface area contributed by atoms with E-state index in [4.69, 9.17) is 16.7 Å². The highest BCUT2D eigenvalue weighted by Crippen LogP contribution is 2.29. The van der Waals surface area contributed by atoms with Crippen molar-refractivity contribution in [1.82, 2.24) is 4.72 Å². The SMILES string of the molecule is O=NOCCc1ccc2c(c1CCC(=O)O)CCC(NS(=O)(=O)c1ccc(Cl)cc1)C2. The maximum atomic E-state index is 12.7. The number of carbonyl (C=O) groups is 1. The van der Waals surface area contributed by atoms with Gasteiger partial charge in [-0.3, -0.25) is 4.79 Å². The summed E-state index contributed by atoms with van der Waals surface area (Å²) >= 11 is 5.84. The average molecular weight is 467 g/mol. The van der Waals surface area contributed by atoms with Crippen molar-refractivity contribution < 1.29 is 23.2 Å². The Morgan fingerprint density at radius 2 is 1.94 bits per heavy atom. The van der Waals surface area contributed by atoms with Crippen molar-refractivity contribution >= 4 is 27.6 Å². The van der Waals surface area contributed by atoms with E-state index < -0.39 is 16.0 Å². The van der Waals surface area contributed by atoms with Crippen LogP contribution in [0.3, 0.4) is 0 Å². The minimum absolute atomic E-state index is 0.0110. The van der Waals surface area contributed by atoms with Crippen molar-refractivity contribution in [2.24, 2.45) is 5.34 Å². The Bertz CT molecular complexity index is 1060. The lowest BCUT2D eigenvalue weighted by atomic mass is 9.82. The molecule has 3 rings (SSSR count). The van der Waals surface area contributed by atoms with Crippen LogP contribution in [0.2, 0.25) is 5.02 Å². The molecule has 0 fully saturated rings. The van der Waals surface area contributed by atoms with Crippen LogP contribution in [0, 0.1) is 4.91 Å². The molecule has 0 bridgehead atoms. The van der Waals surface area contributed by atoms with Crippen LogP contribution in [0.15, 0.2) is 46.6 Å². The van der Waals surface area contributed by atoms with Gasteiger partial charge in [0.25, 0.3) is 0 Å². The zero-order valence-corrected chi connectivity index (χ0v) is 18.3. The van der Waals surface area contributed by atoms with Gasteiger partial charge in [-0.05, 0) is 72.2 Å². The van der Waals surface area contributed by atoms with Crippen LogP contribution >= 0.6 is 11.6 Å². The molecule has 166 valence electrons. The van der Waals surface area contributed by atoms with Gasteiger partial charge in [-0.25, -0.2) is 13.1 Å². The van der Waals surface area contributed by atoms with Crippen LogP contribution in [-0.4, -0.2) is 32.1 Å². The Labute approximate surface area is 185 Å². The first-order chi connectivity index (χ1) is 14.8. The first kappa shape index (κ1) is 23.2. The molecule has 2 N–H and O–H groups in total. The summed E-state index contributed by atoms with van der Waals surface area (Å²) in [6.45, 7) is 0.117. The van der Waals surface area contributed by atoms with Gasteiger partial charge in [0, 0.05) is 23.9 Å². The fourth-order valence-corrected chi connectivity index (χ4v) is 5.35. The fourth-order valence-electron chi connectivity index (χ4n) is 3.95. The lowest BCUT2D eigenvalue weighted by Gasteiger charge is -2.28. The predicted octanol–water partition coefficient (Wildman–Crippen LogP) is 3.43. The normalized spacial score (nSPS) is 15.8. The Morgan fingerprint density at radius 3 is 2.61 bits per heavy atom. The molecule has 2 aromatic carbocycles. The van der Waals surface area contributed by atoms with E-state index in [0.29, 0.717) is 37.1 Å². The van der Waals surface area contributed by atoms with E-state index in [9.17, 15) is 18.1 Å². The van der Waals surface area contributed by atoms with Gasteiger partial charge in [-0.2, -0.15) is 0 Å². The summed E-state index contributed by atoms with van der Waals surface area (Å²) in [6, 6.07) is 9.56. The number of aliphatic carboxylic acids is 1. The molecule has 1 unspecified atom stereocenters. The third-order valence-electron chi connectivity index (χ3n) is 5.38. The van der Waals surface area contributed by atoms with E-state index in [1.807, 2.05) is 12.1 Å². The van der Waals surface area contributed by atoms with Gasteiger partial charge in [0.15, 0.2) is 5.34 Å². The highest BCUT2D eigenvalue weighted by Gasteiger charge is 2.26. The second-order valence-corrected chi connectivity index (χ2v) is 9.56. The fraction of sp³-hybridized carbons (Fsp3) is 0.381. The van der Waals surface area contributed by atoms with Crippen LogP contribution in [0.4, 0.5) is 0 Å². The van der Waals surface area contributed by atoms with Gasteiger partial charge in [0.05, 0.1) is 4.90 Å². The molecule has 1 atom stereocenters. The number of carboxylic acid groups (broad SMARTS) is 1. The van der Waals surface area contributed by atoms with Crippen LogP contribution in [0.25, 0.3) is 0 Å². The summed E-state index contributed by atoms with van der Waals surface area (Å²) in [4.78, 5) is 26.0. The smallest absolute Gasteiger partial charge is 0.303 e. The molecule has 0 saturated carbocycles. The summed E-state index contributed by atoms with van der Waals surface area (Å²) in [5.74, 6) is -0.890. The lowest BCUT2D eigenvalue weighted by Crippen LogP contribution is -2.39. The second kappa shape index (κ2) is 10.2. The number of rotatable bonds is 10. The number of hydrogen-bond acceptors (Lipinski definition) is 6. The lowest BCUT2D eigenvalue weighted by molar-refractivity contribution is -0.136. The van der Waals surface area contributed by atoms with Gasteiger partial charge < -0.3 is 9.94 Å². The molecule has 1 aliphatic rings. The van der Waals surface area contributed by atoms with Gasteiger partial charge in [0.1, 0.15) is 6.61 Å². The van der Waals surface area contributed by atoms with E-state index in [-0.39, 0.29) is 24.0 Å². The van der Waals surface area contributed by atoms with Crippen molar-refractivity contribution in [1.29, 1.82) is 0 Å². The molecule has 10 heteroatoms. The molecule has 0 heterocycles. The van der Waals surface area contributed by atoms with Crippen LogP contribution in [-0.2, 0) is 45.3 Å². The quantitative estimate of drug-likeness (QED) is 0.314. The van der Waals surface area contributed by atoms with Gasteiger partial charge in [0.2, 0.25) is 10.0 Å². The summed E-state index contributed by atoms with van der Waals surface area (Å²) < 4.78 is 28.2. The molecule has 0 aliphatic heterocycles. The van der Waals surface area contributed by atoms with Crippen LogP contribution < -0.4 is 4.72 Å². The number of sulfonamides is 1. The van der Waals surface area contributed by atoms with Gasteiger partial charge >= 0.3 is 5.97 Å². The van der Waals surface area contributed by atoms with Crippen LogP contribution in [0.5, 0.6) is 0 Å². The third kappa shape index (κ3) is 6.03. The van der Waals surface area contributed by atoms with Crippen molar-refractivity contribution in [3.63, 3.8) is 0 Å². The summed E-state index contributed by atoms with van der Waals surface area (Å²) in [5.41, 5.74) is 3.91. The number of hydrogen-bond donors (Lipinski definition) is 2. The molecule has 1 aliphatic carbocycles. The molecule has 8 nitrogen and oxygen atoms in total. The van der Waals surface area contributed by atoms with Crippen molar-refractivity contribution in [3.05, 3.63) is 68.6 Å². The minimum Gasteiger partial charge on any atom is -0.481 e. The largest absolute Gasteiger partial charge is 0.481 e. The second-order valence-electron chi connectivity index (χ2n) is 7.41. The number of benzene rings is 2. The highest BCUT2D eigenvalue weighted by atomic mass is 35.5.